The highest BCUT2D eigenvalue weighted by molar-refractivity contribution is 7.15. The van der Waals surface area contributed by atoms with Gasteiger partial charge in [-0.3, -0.25) is 4.79 Å². The molecule has 1 N–H and O–H groups in total. The van der Waals surface area contributed by atoms with Gasteiger partial charge in [-0.25, -0.2) is 9.78 Å². The number of ether oxygens (including phenoxy) is 2. The summed E-state index contributed by atoms with van der Waals surface area (Å²) in [5, 5.41) is 4.44. The molecule has 1 aliphatic rings. The predicted octanol–water partition coefficient (Wildman–Crippen LogP) is 4.02. The average Bonchev–Trinajstić information content (AvgIpc) is 3.06. The topological polar surface area (TPSA) is 80.8 Å². The molecule has 2 amide bonds. The molecule has 0 bridgehead atoms. The molecule has 3 rings (SSSR count). The Labute approximate surface area is 185 Å². The number of carbonyl (C=O) groups is 2. The first kappa shape index (κ1) is 22.5. The lowest BCUT2D eigenvalue weighted by Crippen LogP contribution is -2.52. The van der Waals surface area contributed by atoms with Crippen molar-refractivity contribution in [2.45, 2.75) is 45.9 Å². The van der Waals surface area contributed by atoms with Gasteiger partial charge >= 0.3 is 6.09 Å². The van der Waals surface area contributed by atoms with Crippen LogP contribution in [0.15, 0.2) is 24.3 Å². The normalized spacial score (nSPS) is 17.0. The minimum Gasteiger partial charge on any atom is -0.444 e. The number of benzene rings is 1. The number of amides is 2. The van der Waals surface area contributed by atoms with Crippen molar-refractivity contribution >= 4 is 34.9 Å². The zero-order valence-corrected chi connectivity index (χ0v) is 19.1. The summed E-state index contributed by atoms with van der Waals surface area (Å²) in [5.74, 6) is -0.260. The maximum absolute atomic E-state index is 12.6. The van der Waals surface area contributed by atoms with E-state index in [1.807, 2.05) is 52.0 Å². The highest BCUT2D eigenvalue weighted by Crippen LogP contribution is 2.28. The van der Waals surface area contributed by atoms with E-state index in [1.54, 1.807) is 0 Å². The molecule has 2 aromatic rings. The van der Waals surface area contributed by atoms with Crippen molar-refractivity contribution in [3.05, 3.63) is 39.9 Å². The summed E-state index contributed by atoms with van der Waals surface area (Å²) in [6.07, 6.45) is -1.16. The molecule has 0 saturated carbocycles. The van der Waals surface area contributed by atoms with Crippen LogP contribution in [0.1, 0.15) is 31.3 Å². The van der Waals surface area contributed by atoms with E-state index in [9.17, 15) is 9.59 Å². The van der Waals surface area contributed by atoms with Crippen molar-refractivity contribution in [1.29, 1.82) is 0 Å². The maximum atomic E-state index is 12.6. The van der Waals surface area contributed by atoms with E-state index in [4.69, 9.17) is 21.1 Å². The third kappa shape index (κ3) is 5.93. The van der Waals surface area contributed by atoms with Crippen LogP contribution in [0.25, 0.3) is 10.6 Å². The number of aromatic nitrogens is 1. The number of hydrogen-bond acceptors (Lipinski definition) is 6. The van der Waals surface area contributed by atoms with Crippen molar-refractivity contribution in [1.82, 2.24) is 15.2 Å². The van der Waals surface area contributed by atoms with E-state index < -0.39 is 17.8 Å². The predicted molar refractivity (Wildman–Crippen MR) is 117 cm³/mol. The van der Waals surface area contributed by atoms with Gasteiger partial charge in [-0.1, -0.05) is 23.7 Å². The lowest BCUT2D eigenvalue weighted by Gasteiger charge is -2.33. The van der Waals surface area contributed by atoms with E-state index in [2.05, 4.69) is 10.3 Å². The molecule has 30 heavy (non-hydrogen) atoms. The quantitative estimate of drug-likeness (QED) is 0.759. The Kier molecular flexibility index (Phi) is 7.00. The molecular weight excluding hydrogens is 426 g/mol. The number of hydrogen-bond donors (Lipinski definition) is 1. The summed E-state index contributed by atoms with van der Waals surface area (Å²) >= 11 is 7.47. The molecule has 1 unspecified atom stereocenters. The Hall–Kier alpha value is -2.16. The van der Waals surface area contributed by atoms with Crippen LogP contribution in [0.3, 0.4) is 0 Å². The van der Waals surface area contributed by atoms with Gasteiger partial charge in [0.25, 0.3) is 5.91 Å². The minimum atomic E-state index is -0.727. The number of nitrogens with zero attached hydrogens (tertiary/aromatic N) is 2. The summed E-state index contributed by atoms with van der Waals surface area (Å²) < 4.78 is 11.0. The highest BCUT2D eigenvalue weighted by atomic mass is 35.5. The molecule has 1 fully saturated rings. The number of aryl methyl sites for hydroxylation is 1. The fourth-order valence-electron chi connectivity index (χ4n) is 2.89. The Morgan fingerprint density at radius 3 is 2.70 bits per heavy atom. The molecule has 1 atom stereocenters. The van der Waals surface area contributed by atoms with Crippen LogP contribution in [-0.2, 0) is 20.8 Å². The Morgan fingerprint density at radius 2 is 2.03 bits per heavy atom. The summed E-state index contributed by atoms with van der Waals surface area (Å²) in [6.45, 7) is 8.55. The lowest BCUT2D eigenvalue weighted by atomic mass is 10.2. The summed E-state index contributed by atoms with van der Waals surface area (Å²) in [6, 6.07) is 7.49. The van der Waals surface area contributed by atoms with Crippen molar-refractivity contribution in [2.75, 3.05) is 19.7 Å². The zero-order valence-electron chi connectivity index (χ0n) is 17.5. The van der Waals surface area contributed by atoms with Crippen LogP contribution >= 0.6 is 22.9 Å². The molecule has 162 valence electrons. The standard InChI is InChI=1S/C21H26ClN3O4S/c1-13-17(30-19(24-13)14-5-7-15(22)8-6-14)11-23-18(26)16-12-25(9-10-28-16)20(27)29-21(2,3)4/h5-8,16H,9-12H2,1-4H3,(H,23,26). The fourth-order valence-corrected chi connectivity index (χ4v) is 4.02. The van der Waals surface area contributed by atoms with Gasteiger partial charge in [0.15, 0.2) is 6.10 Å². The Morgan fingerprint density at radius 1 is 1.33 bits per heavy atom. The van der Waals surface area contributed by atoms with Gasteiger partial charge in [0.05, 0.1) is 25.4 Å². The first-order valence-electron chi connectivity index (χ1n) is 9.72. The van der Waals surface area contributed by atoms with Gasteiger partial charge in [0.1, 0.15) is 10.6 Å². The van der Waals surface area contributed by atoms with Crippen LogP contribution in [0.5, 0.6) is 0 Å². The average molecular weight is 452 g/mol. The molecule has 2 heterocycles. The molecule has 1 aromatic heterocycles. The summed E-state index contributed by atoms with van der Waals surface area (Å²) in [5.41, 5.74) is 1.26. The fraction of sp³-hybridized carbons (Fsp3) is 0.476. The number of rotatable bonds is 4. The highest BCUT2D eigenvalue weighted by Gasteiger charge is 2.31. The van der Waals surface area contributed by atoms with E-state index in [0.29, 0.717) is 18.1 Å². The van der Waals surface area contributed by atoms with Gasteiger partial charge in [-0.05, 0) is 39.8 Å². The van der Waals surface area contributed by atoms with Crippen molar-refractivity contribution in [3.63, 3.8) is 0 Å². The van der Waals surface area contributed by atoms with Crippen LogP contribution in [0.2, 0.25) is 5.02 Å². The second-order valence-corrected chi connectivity index (χ2v) is 9.56. The molecular formula is C21H26ClN3O4S. The third-order valence-electron chi connectivity index (χ3n) is 4.42. The first-order valence-corrected chi connectivity index (χ1v) is 10.9. The van der Waals surface area contributed by atoms with Gasteiger partial charge in [-0.15, -0.1) is 11.3 Å². The van der Waals surface area contributed by atoms with Gasteiger partial charge in [-0.2, -0.15) is 0 Å². The second-order valence-electron chi connectivity index (χ2n) is 8.04. The summed E-state index contributed by atoms with van der Waals surface area (Å²) in [7, 11) is 0. The summed E-state index contributed by atoms with van der Waals surface area (Å²) in [4.78, 5) is 31.9. The number of morpholine rings is 1. The molecule has 7 nitrogen and oxygen atoms in total. The Bertz CT molecular complexity index is 908. The van der Waals surface area contributed by atoms with Crippen LogP contribution < -0.4 is 5.32 Å². The largest absolute Gasteiger partial charge is 0.444 e. The lowest BCUT2D eigenvalue weighted by molar-refractivity contribution is -0.138. The van der Waals surface area contributed by atoms with Gasteiger partial charge in [0.2, 0.25) is 0 Å². The zero-order chi connectivity index (χ0) is 21.9. The van der Waals surface area contributed by atoms with Crippen molar-refractivity contribution in [3.8, 4) is 10.6 Å². The van der Waals surface area contributed by atoms with Crippen molar-refractivity contribution in [2.24, 2.45) is 0 Å². The van der Waals surface area contributed by atoms with Gasteiger partial charge in [0, 0.05) is 22.0 Å². The SMILES string of the molecule is Cc1nc(-c2ccc(Cl)cc2)sc1CNC(=O)C1CN(C(=O)OC(C)(C)C)CCO1. The second kappa shape index (κ2) is 9.32. The van der Waals surface area contributed by atoms with E-state index in [0.717, 1.165) is 21.1 Å². The van der Waals surface area contributed by atoms with Crippen molar-refractivity contribution < 1.29 is 19.1 Å². The molecule has 9 heteroatoms. The molecule has 1 saturated heterocycles. The molecule has 0 spiro atoms. The number of nitrogens with one attached hydrogen (secondary N) is 1. The number of halogens is 1. The molecule has 1 aliphatic heterocycles. The minimum absolute atomic E-state index is 0.165. The van der Waals surface area contributed by atoms with Crippen LogP contribution in [0, 0.1) is 6.92 Å². The molecule has 0 radical (unpaired) electrons. The molecule has 1 aromatic carbocycles. The van der Waals surface area contributed by atoms with Crippen LogP contribution in [-0.4, -0.2) is 53.3 Å². The number of carbonyl (C=O) groups excluding carboxylic acids is 2. The van der Waals surface area contributed by atoms with E-state index >= 15 is 0 Å². The third-order valence-corrected chi connectivity index (χ3v) is 5.88. The Balaban J connectivity index is 1.57. The smallest absolute Gasteiger partial charge is 0.410 e. The number of thiazole rings is 1. The maximum Gasteiger partial charge on any atom is 0.410 e. The van der Waals surface area contributed by atoms with E-state index in [-0.39, 0.29) is 19.1 Å². The van der Waals surface area contributed by atoms with E-state index in [1.165, 1.54) is 16.2 Å². The first-order chi connectivity index (χ1) is 14.1. The molecule has 0 aliphatic carbocycles. The monoisotopic (exact) mass is 451 g/mol. The van der Waals surface area contributed by atoms with Crippen LogP contribution in [0.4, 0.5) is 4.79 Å². The van der Waals surface area contributed by atoms with Gasteiger partial charge < -0.3 is 19.7 Å².